The van der Waals surface area contributed by atoms with E-state index in [9.17, 15) is 0 Å². The van der Waals surface area contributed by atoms with Crippen molar-refractivity contribution in [1.29, 1.82) is 0 Å². The molecular formula is C10H8B2. The van der Waals surface area contributed by atoms with E-state index in [4.69, 9.17) is 15.7 Å². The summed E-state index contributed by atoms with van der Waals surface area (Å²) in [6.45, 7) is 0. The second-order valence-corrected chi connectivity index (χ2v) is 2.35. The zero-order valence-corrected chi connectivity index (χ0v) is 6.77. The average molecular weight is 150 g/mol. The van der Waals surface area contributed by atoms with Crippen LogP contribution in [-0.2, 0) is 0 Å². The third kappa shape index (κ3) is 2.16. The zero-order chi connectivity index (χ0) is 8.81. The van der Waals surface area contributed by atoms with Gasteiger partial charge in [-0.05, 0) is 11.1 Å². The Morgan fingerprint density at radius 3 is 1.58 bits per heavy atom. The van der Waals surface area contributed by atoms with Crippen molar-refractivity contribution in [2.24, 2.45) is 0 Å². The van der Waals surface area contributed by atoms with E-state index >= 15 is 0 Å². The largest absolute Gasteiger partial charge is 0.131 e. The van der Waals surface area contributed by atoms with Crippen LogP contribution in [-0.4, -0.2) is 15.7 Å². The first-order chi connectivity index (χ1) is 5.88. The molecule has 0 aliphatic rings. The molecule has 0 aromatic heterocycles. The topological polar surface area (TPSA) is 0 Å². The van der Waals surface area contributed by atoms with Gasteiger partial charge in [0.25, 0.3) is 0 Å². The minimum Gasteiger partial charge on any atom is -0.131 e. The highest BCUT2D eigenvalue weighted by molar-refractivity contribution is 6.20. The first-order valence-electron chi connectivity index (χ1n) is 3.74. The van der Waals surface area contributed by atoms with Crippen molar-refractivity contribution in [3.8, 4) is 0 Å². The smallest absolute Gasteiger partial charge is 0.102 e. The molecule has 0 saturated carbocycles. The molecule has 0 spiro atoms. The van der Waals surface area contributed by atoms with E-state index in [0.717, 1.165) is 11.1 Å². The fourth-order valence-electron chi connectivity index (χ4n) is 1.02. The van der Waals surface area contributed by atoms with E-state index < -0.39 is 0 Å². The molecule has 4 radical (unpaired) electrons. The lowest BCUT2D eigenvalue weighted by Gasteiger charge is -1.98. The summed E-state index contributed by atoms with van der Waals surface area (Å²) in [5, 5.41) is 0. The minimum atomic E-state index is 1.07. The van der Waals surface area contributed by atoms with E-state index in [1.165, 1.54) is 12.0 Å². The maximum atomic E-state index is 5.29. The molecule has 0 unspecified atom stereocenters. The fourth-order valence-corrected chi connectivity index (χ4v) is 1.02. The van der Waals surface area contributed by atoms with Gasteiger partial charge in [-0.2, -0.15) is 0 Å². The van der Waals surface area contributed by atoms with Crippen LogP contribution in [0.25, 0.3) is 12.2 Å². The van der Waals surface area contributed by atoms with Gasteiger partial charge in [0.1, 0.15) is 15.7 Å². The highest BCUT2D eigenvalue weighted by Crippen LogP contribution is 2.11. The van der Waals surface area contributed by atoms with Crippen LogP contribution in [0.1, 0.15) is 11.1 Å². The standard InChI is InChI=1S/C10H8B2/c11-7-5-9-3-1-2-4-10(9)6-8-12/h1-8H/b7-5+,8-6+. The molecule has 1 aromatic rings. The van der Waals surface area contributed by atoms with Gasteiger partial charge in [0, 0.05) is 0 Å². The molecule has 0 amide bonds. The quantitative estimate of drug-likeness (QED) is 0.565. The Labute approximate surface area is 75.8 Å². The van der Waals surface area contributed by atoms with Gasteiger partial charge in [0.2, 0.25) is 0 Å². The first-order valence-corrected chi connectivity index (χ1v) is 3.74. The highest BCUT2D eigenvalue weighted by atomic mass is 13.9. The Bertz CT molecular complexity index is 269. The summed E-state index contributed by atoms with van der Waals surface area (Å²) in [6.07, 6.45) is 3.69. The number of hydrogen-bond donors (Lipinski definition) is 0. The number of benzene rings is 1. The van der Waals surface area contributed by atoms with Crippen molar-refractivity contribution in [2.75, 3.05) is 0 Å². The van der Waals surface area contributed by atoms with E-state index in [-0.39, 0.29) is 0 Å². The lowest BCUT2D eigenvalue weighted by molar-refractivity contribution is 1.62. The van der Waals surface area contributed by atoms with Crippen LogP contribution in [0, 0.1) is 0 Å². The molecule has 0 fully saturated rings. The SMILES string of the molecule is [B]/C=C/c1ccccc1/C=C/[B]. The maximum absolute atomic E-state index is 5.29. The van der Waals surface area contributed by atoms with Gasteiger partial charge < -0.3 is 0 Å². The zero-order valence-electron chi connectivity index (χ0n) is 6.77. The second kappa shape index (κ2) is 4.66. The van der Waals surface area contributed by atoms with Crippen molar-refractivity contribution in [3.05, 3.63) is 47.3 Å². The summed E-state index contributed by atoms with van der Waals surface area (Å²) in [7, 11) is 10.6. The van der Waals surface area contributed by atoms with Crippen LogP contribution in [0.2, 0.25) is 0 Å². The van der Waals surface area contributed by atoms with E-state index in [2.05, 4.69) is 0 Å². The lowest BCUT2D eigenvalue weighted by atomic mass is 10.0. The van der Waals surface area contributed by atoms with Crippen molar-refractivity contribution in [2.45, 2.75) is 0 Å². The van der Waals surface area contributed by atoms with Gasteiger partial charge in [-0.25, -0.2) is 0 Å². The van der Waals surface area contributed by atoms with Crippen LogP contribution >= 0.6 is 0 Å². The lowest BCUT2D eigenvalue weighted by Crippen LogP contribution is -1.78. The Kier molecular flexibility index (Phi) is 3.46. The molecule has 2 heteroatoms. The third-order valence-electron chi connectivity index (χ3n) is 1.55. The molecule has 0 nitrogen and oxygen atoms in total. The molecule has 1 aromatic carbocycles. The summed E-state index contributed by atoms with van der Waals surface area (Å²) in [5.41, 5.74) is 2.14. The molecule has 0 N–H and O–H groups in total. The molecule has 0 heterocycles. The molecule has 0 bridgehead atoms. The molecule has 1 rings (SSSR count). The van der Waals surface area contributed by atoms with Gasteiger partial charge in [0.05, 0.1) is 0 Å². The first kappa shape index (κ1) is 8.92. The molecule has 12 heavy (non-hydrogen) atoms. The Balaban J connectivity index is 3.08. The summed E-state index contributed by atoms with van der Waals surface area (Å²) in [5.74, 6) is 3.03. The van der Waals surface area contributed by atoms with E-state index in [1.54, 1.807) is 0 Å². The highest BCUT2D eigenvalue weighted by Gasteiger charge is 1.90. The second-order valence-electron chi connectivity index (χ2n) is 2.35. The molecule has 54 valence electrons. The van der Waals surface area contributed by atoms with Crippen LogP contribution in [0.5, 0.6) is 0 Å². The number of hydrogen-bond acceptors (Lipinski definition) is 0. The fraction of sp³-hybridized carbons (Fsp3) is 0. The van der Waals surface area contributed by atoms with Crippen molar-refractivity contribution >= 4 is 27.8 Å². The minimum absolute atomic E-state index is 1.07. The van der Waals surface area contributed by atoms with Crippen LogP contribution in [0.15, 0.2) is 36.2 Å². The molecule has 0 saturated heterocycles. The molecule has 0 atom stereocenters. The van der Waals surface area contributed by atoms with Gasteiger partial charge in [-0.3, -0.25) is 0 Å². The predicted octanol–water partition coefficient (Wildman–Crippen LogP) is 1.97. The maximum Gasteiger partial charge on any atom is 0.102 e. The van der Waals surface area contributed by atoms with Crippen molar-refractivity contribution in [3.63, 3.8) is 0 Å². The van der Waals surface area contributed by atoms with Crippen molar-refractivity contribution < 1.29 is 0 Å². The Hall–Kier alpha value is -1.17. The number of rotatable bonds is 2. The van der Waals surface area contributed by atoms with Gasteiger partial charge >= 0.3 is 0 Å². The Morgan fingerprint density at radius 2 is 1.25 bits per heavy atom. The van der Waals surface area contributed by atoms with Gasteiger partial charge in [0.15, 0.2) is 0 Å². The monoisotopic (exact) mass is 150 g/mol. The van der Waals surface area contributed by atoms with E-state index in [0.29, 0.717) is 0 Å². The van der Waals surface area contributed by atoms with Gasteiger partial charge in [-0.15, -0.1) is 12.0 Å². The Morgan fingerprint density at radius 1 is 0.833 bits per heavy atom. The summed E-state index contributed by atoms with van der Waals surface area (Å²) in [4.78, 5) is 0. The third-order valence-corrected chi connectivity index (χ3v) is 1.55. The predicted molar refractivity (Wildman–Crippen MR) is 56.0 cm³/mol. The van der Waals surface area contributed by atoms with Crippen molar-refractivity contribution in [1.82, 2.24) is 0 Å². The average Bonchev–Trinajstić information content (AvgIpc) is 2.09. The molecule has 0 aliphatic heterocycles. The summed E-state index contributed by atoms with van der Waals surface area (Å²) in [6, 6.07) is 7.89. The summed E-state index contributed by atoms with van der Waals surface area (Å²) >= 11 is 0. The molecular weight excluding hydrogens is 142 g/mol. The normalized spacial score (nSPS) is 11.3. The summed E-state index contributed by atoms with van der Waals surface area (Å²) < 4.78 is 0. The van der Waals surface area contributed by atoms with Crippen LogP contribution in [0.3, 0.4) is 0 Å². The van der Waals surface area contributed by atoms with Crippen LogP contribution in [0.4, 0.5) is 0 Å². The van der Waals surface area contributed by atoms with Gasteiger partial charge in [-0.1, -0.05) is 36.4 Å². The van der Waals surface area contributed by atoms with E-state index in [1.807, 2.05) is 36.4 Å². The van der Waals surface area contributed by atoms with Crippen LogP contribution < -0.4 is 0 Å². The molecule has 0 aliphatic carbocycles.